The molecule has 3 rings (SSSR count). The maximum atomic E-state index is 12.6. The van der Waals surface area contributed by atoms with Gasteiger partial charge < -0.3 is 15.4 Å². The van der Waals surface area contributed by atoms with Crippen molar-refractivity contribution in [1.82, 2.24) is 20.1 Å². The third kappa shape index (κ3) is 4.35. The van der Waals surface area contributed by atoms with E-state index in [1.54, 1.807) is 31.4 Å². The van der Waals surface area contributed by atoms with Gasteiger partial charge in [0.05, 0.1) is 11.4 Å². The summed E-state index contributed by atoms with van der Waals surface area (Å²) < 4.78 is 1.40. The summed E-state index contributed by atoms with van der Waals surface area (Å²) in [6, 6.07) is 13.1. The van der Waals surface area contributed by atoms with Crippen LogP contribution in [0, 0.1) is 0 Å². The Morgan fingerprint density at radius 2 is 1.93 bits per heavy atom. The number of benzene rings is 1. The molecule has 144 valence electrons. The number of rotatable bonds is 8. The second kappa shape index (κ2) is 8.34. The second-order valence-corrected chi connectivity index (χ2v) is 6.31. The van der Waals surface area contributed by atoms with Crippen molar-refractivity contribution in [2.75, 3.05) is 0 Å². The van der Waals surface area contributed by atoms with E-state index in [1.807, 2.05) is 30.3 Å². The molecule has 3 aromatic rings. The number of aromatic amines is 1. The maximum Gasteiger partial charge on any atom is 0.326 e. The Balaban J connectivity index is 1.68. The number of carbonyl (C=O) groups is 3. The molecule has 0 aliphatic carbocycles. The van der Waals surface area contributed by atoms with Gasteiger partial charge in [-0.05, 0) is 24.6 Å². The highest BCUT2D eigenvalue weighted by Crippen LogP contribution is 2.18. The highest BCUT2D eigenvalue weighted by Gasteiger charge is 2.24. The summed E-state index contributed by atoms with van der Waals surface area (Å²) in [5.41, 5.74) is 2.11. The molecule has 1 amide bonds. The quantitative estimate of drug-likeness (QED) is 0.518. The lowest BCUT2D eigenvalue weighted by molar-refractivity contribution is -0.139. The van der Waals surface area contributed by atoms with Crippen molar-refractivity contribution < 1.29 is 19.5 Å². The summed E-state index contributed by atoms with van der Waals surface area (Å²) in [6.07, 6.45) is 1.61. The van der Waals surface area contributed by atoms with Crippen molar-refractivity contribution in [1.29, 1.82) is 0 Å². The molecule has 1 aromatic carbocycles. The lowest BCUT2D eigenvalue weighted by Crippen LogP contribution is -2.41. The van der Waals surface area contributed by atoms with Crippen LogP contribution in [0.5, 0.6) is 0 Å². The number of Topliss-reactive ketones (excluding diaryl/α,β-unsaturated/α-hetero) is 1. The number of nitrogens with one attached hydrogen (secondary N) is 2. The molecule has 2 aromatic heterocycles. The van der Waals surface area contributed by atoms with Crippen molar-refractivity contribution in [2.24, 2.45) is 7.05 Å². The van der Waals surface area contributed by atoms with E-state index in [2.05, 4.69) is 15.4 Å². The molecule has 0 fully saturated rings. The summed E-state index contributed by atoms with van der Waals surface area (Å²) in [4.78, 5) is 38.9. The second-order valence-electron chi connectivity index (χ2n) is 6.31. The molecule has 8 heteroatoms. The number of carbonyl (C=O) groups excluding carboxylic acids is 2. The van der Waals surface area contributed by atoms with Gasteiger partial charge in [0.25, 0.3) is 5.91 Å². The zero-order chi connectivity index (χ0) is 20.1. The number of H-pyrrole nitrogens is 1. The third-order valence-electron chi connectivity index (χ3n) is 4.34. The van der Waals surface area contributed by atoms with Crippen LogP contribution in [0.3, 0.4) is 0 Å². The Hall–Kier alpha value is -3.68. The summed E-state index contributed by atoms with van der Waals surface area (Å²) in [7, 11) is 1.62. The van der Waals surface area contributed by atoms with Crippen LogP contribution in [0.15, 0.2) is 54.7 Å². The minimum atomic E-state index is -1.20. The number of carboxylic acid groups (broad SMARTS) is 1. The van der Waals surface area contributed by atoms with E-state index in [0.717, 1.165) is 5.56 Å². The minimum Gasteiger partial charge on any atom is -0.480 e. The Morgan fingerprint density at radius 1 is 1.18 bits per heavy atom. The topological polar surface area (TPSA) is 117 Å². The van der Waals surface area contributed by atoms with E-state index in [9.17, 15) is 19.5 Å². The zero-order valence-corrected chi connectivity index (χ0v) is 15.3. The molecule has 0 aliphatic heterocycles. The number of carboxylic acids is 1. The molecule has 0 unspecified atom stereocenters. The zero-order valence-electron chi connectivity index (χ0n) is 15.3. The fourth-order valence-corrected chi connectivity index (χ4v) is 2.83. The Bertz CT molecular complexity index is 977. The molecule has 0 aliphatic rings. The summed E-state index contributed by atoms with van der Waals surface area (Å²) in [5, 5.41) is 16.2. The molecule has 0 radical (unpaired) electrons. The Morgan fingerprint density at radius 3 is 2.57 bits per heavy atom. The Labute approximate surface area is 161 Å². The first-order valence-electron chi connectivity index (χ1n) is 8.75. The van der Waals surface area contributed by atoms with Gasteiger partial charge >= 0.3 is 5.97 Å². The molecule has 0 spiro atoms. The molecule has 28 heavy (non-hydrogen) atoms. The number of amides is 1. The van der Waals surface area contributed by atoms with Crippen molar-refractivity contribution in [3.8, 4) is 11.3 Å². The monoisotopic (exact) mass is 380 g/mol. The van der Waals surface area contributed by atoms with Gasteiger partial charge in [-0.3, -0.25) is 14.3 Å². The van der Waals surface area contributed by atoms with Gasteiger partial charge in [0.2, 0.25) is 0 Å². The van der Waals surface area contributed by atoms with E-state index in [0.29, 0.717) is 11.4 Å². The first kappa shape index (κ1) is 19.1. The van der Waals surface area contributed by atoms with Crippen molar-refractivity contribution in [3.05, 3.63) is 66.1 Å². The lowest BCUT2D eigenvalue weighted by atomic mass is 10.1. The van der Waals surface area contributed by atoms with E-state index >= 15 is 0 Å². The predicted octanol–water partition coefficient (Wildman–Crippen LogP) is 2.26. The molecule has 2 heterocycles. The molecule has 0 bridgehead atoms. The largest absolute Gasteiger partial charge is 0.480 e. The van der Waals surface area contributed by atoms with Crippen LogP contribution in [0.4, 0.5) is 0 Å². The van der Waals surface area contributed by atoms with Crippen molar-refractivity contribution in [2.45, 2.75) is 18.9 Å². The number of hydrogen-bond donors (Lipinski definition) is 3. The third-order valence-corrected chi connectivity index (χ3v) is 4.34. The molecule has 3 N–H and O–H groups in total. The molecule has 0 saturated heterocycles. The van der Waals surface area contributed by atoms with Gasteiger partial charge in [-0.15, -0.1) is 0 Å². The maximum absolute atomic E-state index is 12.6. The van der Waals surface area contributed by atoms with Crippen molar-refractivity contribution >= 4 is 17.7 Å². The van der Waals surface area contributed by atoms with Gasteiger partial charge in [0.1, 0.15) is 11.7 Å². The fourth-order valence-electron chi connectivity index (χ4n) is 2.83. The first-order chi connectivity index (χ1) is 13.5. The van der Waals surface area contributed by atoms with E-state index in [4.69, 9.17) is 0 Å². The number of hydrogen-bond acceptors (Lipinski definition) is 4. The van der Waals surface area contributed by atoms with Crippen LogP contribution in [0.2, 0.25) is 0 Å². The average molecular weight is 380 g/mol. The van der Waals surface area contributed by atoms with Gasteiger partial charge in [0, 0.05) is 25.2 Å². The SMILES string of the molecule is Cn1nc(-c2ccccc2)cc1C(=O)N[C@H](CCC(=O)c1ccc[nH]1)C(=O)O. The number of ketones is 1. The molecular weight excluding hydrogens is 360 g/mol. The van der Waals surface area contributed by atoms with Gasteiger partial charge in [-0.2, -0.15) is 5.10 Å². The molecule has 8 nitrogen and oxygen atoms in total. The van der Waals surface area contributed by atoms with E-state index in [1.165, 1.54) is 4.68 Å². The normalized spacial score (nSPS) is 11.8. The highest BCUT2D eigenvalue weighted by molar-refractivity contribution is 5.97. The van der Waals surface area contributed by atoms with Crippen LogP contribution in [-0.4, -0.2) is 43.6 Å². The van der Waals surface area contributed by atoms with Crippen LogP contribution in [0.25, 0.3) is 11.3 Å². The summed E-state index contributed by atoms with van der Waals surface area (Å²) in [6.45, 7) is 0. The molecule has 0 saturated carbocycles. The summed E-state index contributed by atoms with van der Waals surface area (Å²) >= 11 is 0. The van der Waals surface area contributed by atoms with Gasteiger partial charge in [-0.1, -0.05) is 30.3 Å². The average Bonchev–Trinajstić information content (AvgIpc) is 3.35. The smallest absolute Gasteiger partial charge is 0.326 e. The Kier molecular flexibility index (Phi) is 5.69. The number of aromatic nitrogens is 3. The van der Waals surface area contributed by atoms with E-state index < -0.39 is 17.9 Å². The standard InChI is InChI=1S/C20H20N4O4/c1-24-17(12-16(23-24)13-6-3-2-4-7-13)19(26)22-15(20(27)28)9-10-18(25)14-8-5-11-21-14/h2-8,11-12,15,21H,9-10H2,1H3,(H,22,26)(H,27,28)/t15-/m1/s1. The summed E-state index contributed by atoms with van der Waals surface area (Å²) in [5.74, 6) is -1.97. The van der Waals surface area contributed by atoms with Crippen LogP contribution in [0.1, 0.15) is 33.8 Å². The van der Waals surface area contributed by atoms with Crippen LogP contribution in [-0.2, 0) is 11.8 Å². The van der Waals surface area contributed by atoms with Crippen LogP contribution >= 0.6 is 0 Å². The van der Waals surface area contributed by atoms with E-state index in [-0.39, 0.29) is 24.3 Å². The molecule has 1 atom stereocenters. The lowest BCUT2D eigenvalue weighted by Gasteiger charge is -2.14. The highest BCUT2D eigenvalue weighted by atomic mass is 16.4. The van der Waals surface area contributed by atoms with Crippen molar-refractivity contribution in [3.63, 3.8) is 0 Å². The number of nitrogens with zero attached hydrogens (tertiary/aromatic N) is 2. The van der Waals surface area contributed by atoms with Crippen LogP contribution < -0.4 is 5.32 Å². The predicted molar refractivity (Wildman–Crippen MR) is 102 cm³/mol. The molecular formula is C20H20N4O4. The minimum absolute atomic E-state index is 0.00158. The number of aryl methyl sites for hydroxylation is 1. The first-order valence-corrected chi connectivity index (χ1v) is 8.75. The van der Waals surface area contributed by atoms with Gasteiger partial charge in [0.15, 0.2) is 5.78 Å². The number of aliphatic carboxylic acids is 1. The fraction of sp³-hybridized carbons (Fsp3) is 0.200. The van der Waals surface area contributed by atoms with Gasteiger partial charge in [-0.25, -0.2) is 4.79 Å².